The summed E-state index contributed by atoms with van der Waals surface area (Å²) in [6.45, 7) is 12.5. The van der Waals surface area contributed by atoms with Crippen molar-refractivity contribution in [2.45, 2.75) is 64.8 Å². The van der Waals surface area contributed by atoms with Gasteiger partial charge < -0.3 is 14.4 Å². The van der Waals surface area contributed by atoms with Crippen LogP contribution in [0.15, 0.2) is 53.4 Å². The molecule has 0 unspecified atom stereocenters. The average molecular weight is 593 g/mol. The molecule has 0 radical (unpaired) electrons. The SMILES string of the molecule is Cc1cccc(C)c1-c1cc2nc(n1)NS(=O)(=O)c1cccc(c1)C(=O)N(CC1CCOCC1)[C@H](CC(C)(C)C)CO2. The minimum atomic E-state index is -4.11. The fraction of sp³-hybridized carbons (Fsp3) is 0.469. The van der Waals surface area contributed by atoms with E-state index in [1.807, 2.05) is 36.9 Å². The maximum Gasteiger partial charge on any atom is 0.264 e. The molecule has 4 bridgehead atoms. The molecule has 10 heteroatoms. The van der Waals surface area contributed by atoms with Crippen molar-refractivity contribution in [1.29, 1.82) is 0 Å². The third-order valence-corrected chi connectivity index (χ3v) is 9.15. The summed E-state index contributed by atoms with van der Waals surface area (Å²) in [6.07, 6.45) is 2.40. The van der Waals surface area contributed by atoms with Crippen molar-refractivity contribution in [3.63, 3.8) is 0 Å². The number of benzene rings is 2. The fourth-order valence-corrected chi connectivity index (χ4v) is 6.77. The van der Waals surface area contributed by atoms with Gasteiger partial charge >= 0.3 is 0 Å². The Morgan fingerprint density at radius 1 is 1.00 bits per heavy atom. The van der Waals surface area contributed by atoms with Crippen molar-refractivity contribution in [1.82, 2.24) is 14.9 Å². The Balaban J connectivity index is 1.65. The second-order valence-corrected chi connectivity index (χ2v) is 14.2. The molecular weight excluding hydrogens is 552 g/mol. The van der Waals surface area contributed by atoms with E-state index in [0.717, 1.165) is 29.5 Å². The Hall–Kier alpha value is -3.50. The molecule has 0 saturated carbocycles. The number of ether oxygens (including phenoxy) is 2. The van der Waals surface area contributed by atoms with Crippen LogP contribution >= 0.6 is 0 Å². The molecule has 1 amide bonds. The van der Waals surface area contributed by atoms with E-state index in [1.165, 1.54) is 12.1 Å². The lowest BCUT2D eigenvalue weighted by Gasteiger charge is -2.38. The maximum atomic E-state index is 14.2. The predicted octanol–water partition coefficient (Wildman–Crippen LogP) is 5.63. The van der Waals surface area contributed by atoms with Crippen LogP contribution in [0.1, 0.15) is 61.5 Å². The standard InChI is InChI=1S/C32H40N4O5S/c1-21-8-6-9-22(2)29(21)27-17-28-34-31(33-27)35-42(38,39)26-11-7-10-24(16-26)30(37)36(19-23-12-14-40-15-13-23)25(20-41-28)18-32(3,4)5/h6-11,16-17,23,25H,12-15,18-20H2,1-5H3,(H,33,34,35)/t25-/m1/s1. The van der Waals surface area contributed by atoms with Gasteiger partial charge in [0.25, 0.3) is 15.9 Å². The van der Waals surface area contributed by atoms with Crippen molar-refractivity contribution in [3.8, 4) is 17.1 Å². The molecule has 1 saturated heterocycles. The number of carbonyl (C=O) groups is 1. The number of anilines is 1. The zero-order chi connectivity index (χ0) is 30.1. The predicted molar refractivity (Wildman–Crippen MR) is 162 cm³/mol. The molecule has 1 fully saturated rings. The summed E-state index contributed by atoms with van der Waals surface area (Å²) in [7, 11) is -4.11. The van der Waals surface area contributed by atoms with Gasteiger partial charge in [-0.3, -0.25) is 4.79 Å². The molecule has 2 aliphatic heterocycles. The van der Waals surface area contributed by atoms with Gasteiger partial charge in [-0.05, 0) is 73.8 Å². The van der Waals surface area contributed by atoms with Gasteiger partial charge in [0.05, 0.1) is 16.6 Å². The van der Waals surface area contributed by atoms with Gasteiger partial charge in [-0.25, -0.2) is 18.1 Å². The lowest BCUT2D eigenvalue weighted by Crippen LogP contribution is -2.48. The number of sulfonamides is 1. The fourth-order valence-electron chi connectivity index (χ4n) is 5.78. The average Bonchev–Trinajstić information content (AvgIpc) is 2.93. The molecule has 3 aromatic rings. The zero-order valence-corrected chi connectivity index (χ0v) is 25.8. The summed E-state index contributed by atoms with van der Waals surface area (Å²) in [6, 6.07) is 13.6. The highest BCUT2D eigenvalue weighted by atomic mass is 32.2. The molecule has 3 heterocycles. The Kier molecular flexibility index (Phi) is 8.57. The van der Waals surface area contributed by atoms with Crippen LogP contribution in [-0.4, -0.2) is 61.6 Å². The van der Waals surface area contributed by atoms with Crippen LogP contribution in [0.3, 0.4) is 0 Å². The minimum absolute atomic E-state index is 0.0328. The van der Waals surface area contributed by atoms with E-state index in [4.69, 9.17) is 9.47 Å². The van der Waals surface area contributed by atoms with Gasteiger partial charge in [0.2, 0.25) is 11.8 Å². The van der Waals surface area contributed by atoms with E-state index in [1.54, 1.807) is 18.2 Å². The number of aryl methyl sites for hydroxylation is 2. The summed E-state index contributed by atoms with van der Waals surface area (Å²) >= 11 is 0. The van der Waals surface area contributed by atoms with E-state index in [9.17, 15) is 13.2 Å². The summed E-state index contributed by atoms with van der Waals surface area (Å²) in [5.74, 6) is 0.205. The minimum Gasteiger partial charge on any atom is -0.475 e. The van der Waals surface area contributed by atoms with Crippen LogP contribution in [0.4, 0.5) is 5.95 Å². The third kappa shape index (κ3) is 6.93. The first-order chi connectivity index (χ1) is 19.9. The molecule has 1 aromatic heterocycles. The second kappa shape index (κ2) is 12.0. The van der Waals surface area contributed by atoms with Crippen molar-refractivity contribution in [3.05, 3.63) is 65.2 Å². The van der Waals surface area contributed by atoms with Crippen LogP contribution in [0, 0.1) is 25.2 Å². The number of rotatable bonds is 4. The van der Waals surface area contributed by atoms with Gasteiger partial charge in [0, 0.05) is 37.0 Å². The lowest BCUT2D eigenvalue weighted by atomic mass is 9.86. The third-order valence-electron chi connectivity index (χ3n) is 7.83. The monoisotopic (exact) mass is 592 g/mol. The molecular formula is C32H40N4O5S. The molecule has 0 aliphatic carbocycles. The molecule has 1 N–H and O–H groups in total. The van der Waals surface area contributed by atoms with Gasteiger partial charge in [-0.1, -0.05) is 45.0 Å². The van der Waals surface area contributed by atoms with Crippen molar-refractivity contribution >= 4 is 21.9 Å². The number of aromatic nitrogens is 2. The van der Waals surface area contributed by atoms with Crippen LogP contribution in [0.5, 0.6) is 5.88 Å². The van der Waals surface area contributed by atoms with Crippen LogP contribution in [-0.2, 0) is 14.8 Å². The normalized spacial score (nSPS) is 19.6. The van der Waals surface area contributed by atoms with E-state index in [0.29, 0.717) is 37.4 Å². The van der Waals surface area contributed by atoms with Gasteiger partial charge in [-0.15, -0.1) is 0 Å². The maximum absolute atomic E-state index is 14.2. The summed E-state index contributed by atoms with van der Waals surface area (Å²) in [5, 5.41) is 0. The number of amides is 1. The van der Waals surface area contributed by atoms with Crippen molar-refractivity contribution < 1.29 is 22.7 Å². The van der Waals surface area contributed by atoms with Crippen LogP contribution in [0.2, 0.25) is 0 Å². The molecule has 1 atom stereocenters. The Bertz CT molecular complexity index is 1540. The molecule has 0 spiro atoms. The van der Waals surface area contributed by atoms with Crippen LogP contribution in [0.25, 0.3) is 11.3 Å². The quantitative estimate of drug-likeness (QED) is 0.418. The van der Waals surface area contributed by atoms with E-state index < -0.39 is 10.0 Å². The number of nitrogens with zero attached hydrogens (tertiary/aromatic N) is 3. The second-order valence-electron chi connectivity index (χ2n) is 12.6. The zero-order valence-electron chi connectivity index (χ0n) is 25.0. The summed E-state index contributed by atoms with van der Waals surface area (Å²) < 4.78 is 41.5. The molecule has 2 aliphatic rings. The first-order valence-electron chi connectivity index (χ1n) is 14.5. The summed E-state index contributed by atoms with van der Waals surface area (Å²) in [5.41, 5.74) is 3.64. The largest absolute Gasteiger partial charge is 0.475 e. The van der Waals surface area contributed by atoms with Crippen molar-refractivity contribution in [2.75, 3.05) is 31.1 Å². The molecule has 2 aromatic carbocycles. The Morgan fingerprint density at radius 3 is 2.38 bits per heavy atom. The molecule has 5 rings (SSSR count). The van der Waals surface area contributed by atoms with Gasteiger partial charge in [-0.2, -0.15) is 4.98 Å². The molecule has 42 heavy (non-hydrogen) atoms. The smallest absolute Gasteiger partial charge is 0.264 e. The number of hydrogen-bond acceptors (Lipinski definition) is 7. The summed E-state index contributed by atoms with van der Waals surface area (Å²) in [4.78, 5) is 25.1. The number of carbonyl (C=O) groups excluding carboxylic acids is 1. The van der Waals surface area contributed by atoms with Gasteiger partial charge in [0.15, 0.2) is 0 Å². The first kappa shape index (κ1) is 30.0. The van der Waals surface area contributed by atoms with E-state index in [2.05, 4.69) is 35.5 Å². The first-order valence-corrected chi connectivity index (χ1v) is 16.0. The topological polar surface area (TPSA) is 111 Å². The van der Waals surface area contributed by atoms with E-state index in [-0.39, 0.29) is 46.6 Å². The Morgan fingerprint density at radius 2 is 1.69 bits per heavy atom. The van der Waals surface area contributed by atoms with Gasteiger partial charge in [0.1, 0.15) is 6.61 Å². The molecule has 224 valence electrons. The number of fused-ring (bicyclic) bond motifs is 4. The lowest BCUT2D eigenvalue weighted by molar-refractivity contribution is 0.0269. The van der Waals surface area contributed by atoms with Crippen molar-refractivity contribution in [2.24, 2.45) is 11.3 Å². The molecule has 9 nitrogen and oxygen atoms in total. The number of hydrogen-bond donors (Lipinski definition) is 1. The van der Waals surface area contributed by atoms with Crippen LogP contribution < -0.4 is 9.46 Å². The highest BCUT2D eigenvalue weighted by molar-refractivity contribution is 7.92. The highest BCUT2D eigenvalue weighted by Gasteiger charge is 2.33. The highest BCUT2D eigenvalue weighted by Crippen LogP contribution is 2.32. The number of nitrogens with one attached hydrogen (secondary N) is 1. The Labute approximate surface area is 248 Å². The van der Waals surface area contributed by atoms with E-state index >= 15 is 0 Å².